The van der Waals surface area contributed by atoms with Crippen LogP contribution in [0.4, 0.5) is 0 Å². The fraction of sp³-hybridized carbons (Fsp3) is 0.571. The molecule has 17 heavy (non-hydrogen) atoms. The molecule has 2 rings (SSSR count). The Hall–Kier alpha value is -1.38. The second-order valence-corrected chi connectivity index (χ2v) is 4.68. The van der Waals surface area contributed by atoms with Crippen molar-refractivity contribution in [2.75, 3.05) is 13.1 Å². The molecule has 0 aliphatic carbocycles. The summed E-state index contributed by atoms with van der Waals surface area (Å²) in [6.45, 7) is 5.87. The van der Waals surface area contributed by atoms with Crippen LogP contribution < -0.4 is 0 Å². The lowest BCUT2D eigenvalue weighted by Crippen LogP contribution is -2.26. The van der Waals surface area contributed by atoms with Crippen LogP contribution in [0.25, 0.3) is 0 Å². The van der Waals surface area contributed by atoms with Crippen LogP contribution in [0.15, 0.2) is 24.4 Å². The first-order chi connectivity index (χ1) is 8.26. The highest BCUT2D eigenvalue weighted by molar-refractivity contribution is 5.81. The molecule has 1 fully saturated rings. The van der Waals surface area contributed by atoms with Crippen LogP contribution in [0.2, 0.25) is 0 Å². The number of nitrogens with zero attached hydrogens (tertiary/aromatic N) is 2. The molecular formula is C14H20N2O. The summed E-state index contributed by atoms with van der Waals surface area (Å²) in [7, 11) is 0. The topological polar surface area (TPSA) is 33.2 Å². The Labute approximate surface area is 103 Å². The van der Waals surface area contributed by atoms with Gasteiger partial charge < -0.3 is 4.90 Å². The van der Waals surface area contributed by atoms with Crippen LogP contribution in [-0.2, 0) is 11.2 Å². The summed E-state index contributed by atoms with van der Waals surface area (Å²) >= 11 is 0. The maximum Gasteiger partial charge on any atom is 0.226 e. The maximum atomic E-state index is 12.1. The zero-order chi connectivity index (χ0) is 12.3. The molecule has 3 nitrogen and oxygen atoms in total. The van der Waals surface area contributed by atoms with Crippen LogP contribution in [0.5, 0.6) is 0 Å². The van der Waals surface area contributed by atoms with Gasteiger partial charge in [0.05, 0.1) is 0 Å². The molecule has 92 valence electrons. The zero-order valence-electron chi connectivity index (χ0n) is 10.6. The molecule has 2 unspecified atom stereocenters. The van der Waals surface area contributed by atoms with Gasteiger partial charge in [-0.2, -0.15) is 0 Å². The third-order valence-corrected chi connectivity index (χ3v) is 3.67. The summed E-state index contributed by atoms with van der Waals surface area (Å²) in [5, 5.41) is 0. The summed E-state index contributed by atoms with van der Waals surface area (Å²) in [4.78, 5) is 18.4. The summed E-state index contributed by atoms with van der Waals surface area (Å²) in [5.41, 5.74) is 1.10. The largest absolute Gasteiger partial charge is 0.342 e. The van der Waals surface area contributed by atoms with Crippen molar-refractivity contribution in [2.24, 2.45) is 11.8 Å². The number of carbonyl (C=O) groups excluding carboxylic acids is 1. The Morgan fingerprint density at radius 3 is 2.82 bits per heavy atom. The fourth-order valence-electron chi connectivity index (χ4n) is 2.72. The highest BCUT2D eigenvalue weighted by atomic mass is 16.2. The molecule has 1 aromatic heterocycles. The molecule has 2 atom stereocenters. The van der Waals surface area contributed by atoms with Gasteiger partial charge in [0.2, 0.25) is 5.91 Å². The van der Waals surface area contributed by atoms with E-state index in [0.717, 1.165) is 31.6 Å². The number of likely N-dealkylation sites (tertiary alicyclic amines) is 1. The highest BCUT2D eigenvalue weighted by Crippen LogP contribution is 2.29. The molecule has 0 saturated carbocycles. The number of hydrogen-bond acceptors (Lipinski definition) is 2. The lowest BCUT2D eigenvalue weighted by molar-refractivity contribution is -0.131. The quantitative estimate of drug-likeness (QED) is 0.796. The van der Waals surface area contributed by atoms with Crippen LogP contribution in [0, 0.1) is 11.8 Å². The monoisotopic (exact) mass is 232 g/mol. The smallest absolute Gasteiger partial charge is 0.226 e. The SMILES string of the molecule is CCC1C(=O)N(CC)CC1Cc1ccccn1. The van der Waals surface area contributed by atoms with Gasteiger partial charge in [0.1, 0.15) is 0 Å². The van der Waals surface area contributed by atoms with Gasteiger partial charge in [-0.05, 0) is 37.8 Å². The van der Waals surface area contributed by atoms with E-state index in [1.54, 1.807) is 0 Å². The van der Waals surface area contributed by atoms with Crippen molar-refractivity contribution in [3.8, 4) is 0 Å². The van der Waals surface area contributed by atoms with Crippen molar-refractivity contribution in [1.29, 1.82) is 0 Å². The first kappa shape index (κ1) is 12.1. The number of hydrogen-bond donors (Lipinski definition) is 0. The standard InChI is InChI=1S/C14H20N2O/c1-3-13-11(10-16(4-2)14(13)17)9-12-7-5-6-8-15-12/h5-8,11,13H,3-4,9-10H2,1-2H3. The van der Waals surface area contributed by atoms with E-state index in [1.165, 1.54) is 0 Å². The molecule has 0 radical (unpaired) electrons. The van der Waals surface area contributed by atoms with E-state index in [0.29, 0.717) is 11.8 Å². The molecule has 1 aliphatic rings. The first-order valence-corrected chi connectivity index (χ1v) is 6.45. The molecule has 0 bridgehead atoms. The lowest BCUT2D eigenvalue weighted by atomic mass is 9.89. The Balaban J connectivity index is 2.08. The van der Waals surface area contributed by atoms with Crippen molar-refractivity contribution in [2.45, 2.75) is 26.7 Å². The van der Waals surface area contributed by atoms with Gasteiger partial charge in [-0.1, -0.05) is 13.0 Å². The summed E-state index contributed by atoms with van der Waals surface area (Å²) < 4.78 is 0. The average molecular weight is 232 g/mol. The third kappa shape index (κ3) is 2.48. The number of carbonyl (C=O) groups is 1. The van der Waals surface area contributed by atoms with Gasteiger partial charge in [-0.15, -0.1) is 0 Å². The second-order valence-electron chi connectivity index (χ2n) is 4.68. The molecule has 1 aromatic rings. The number of rotatable bonds is 4. The van der Waals surface area contributed by atoms with Crippen molar-refractivity contribution in [3.63, 3.8) is 0 Å². The van der Waals surface area contributed by atoms with E-state index >= 15 is 0 Å². The van der Waals surface area contributed by atoms with E-state index in [1.807, 2.05) is 36.2 Å². The number of pyridine rings is 1. The Morgan fingerprint density at radius 1 is 1.41 bits per heavy atom. The van der Waals surface area contributed by atoms with Crippen LogP contribution in [-0.4, -0.2) is 28.9 Å². The Morgan fingerprint density at radius 2 is 2.24 bits per heavy atom. The van der Waals surface area contributed by atoms with Crippen molar-refractivity contribution < 1.29 is 4.79 Å². The van der Waals surface area contributed by atoms with E-state index in [4.69, 9.17) is 0 Å². The predicted molar refractivity (Wildman–Crippen MR) is 67.5 cm³/mol. The highest BCUT2D eigenvalue weighted by Gasteiger charge is 2.38. The average Bonchev–Trinajstić information content (AvgIpc) is 2.66. The number of aromatic nitrogens is 1. The fourth-order valence-corrected chi connectivity index (χ4v) is 2.72. The third-order valence-electron chi connectivity index (χ3n) is 3.67. The van der Waals surface area contributed by atoms with E-state index in [2.05, 4.69) is 11.9 Å². The first-order valence-electron chi connectivity index (χ1n) is 6.45. The molecule has 1 aliphatic heterocycles. The maximum absolute atomic E-state index is 12.1. The predicted octanol–water partition coefficient (Wildman–Crippen LogP) is 2.13. The molecule has 0 spiro atoms. The van der Waals surface area contributed by atoms with E-state index in [-0.39, 0.29) is 5.92 Å². The van der Waals surface area contributed by atoms with E-state index in [9.17, 15) is 4.79 Å². The van der Waals surface area contributed by atoms with Gasteiger partial charge >= 0.3 is 0 Å². The molecule has 0 aromatic carbocycles. The molecule has 1 amide bonds. The van der Waals surface area contributed by atoms with Gasteiger partial charge in [0.15, 0.2) is 0 Å². The number of amides is 1. The lowest BCUT2D eigenvalue weighted by Gasteiger charge is -2.14. The molecule has 0 N–H and O–H groups in total. The van der Waals surface area contributed by atoms with Crippen LogP contribution >= 0.6 is 0 Å². The minimum absolute atomic E-state index is 0.192. The van der Waals surface area contributed by atoms with Gasteiger partial charge in [-0.3, -0.25) is 9.78 Å². The van der Waals surface area contributed by atoms with Crippen molar-refractivity contribution >= 4 is 5.91 Å². The van der Waals surface area contributed by atoms with Crippen LogP contribution in [0.1, 0.15) is 26.0 Å². The zero-order valence-corrected chi connectivity index (χ0v) is 10.6. The van der Waals surface area contributed by atoms with E-state index < -0.39 is 0 Å². The van der Waals surface area contributed by atoms with Crippen molar-refractivity contribution in [1.82, 2.24) is 9.88 Å². The summed E-state index contributed by atoms with van der Waals surface area (Å²) in [5.74, 6) is 0.954. The molecule has 2 heterocycles. The minimum Gasteiger partial charge on any atom is -0.342 e. The van der Waals surface area contributed by atoms with Crippen molar-refractivity contribution in [3.05, 3.63) is 30.1 Å². The normalized spacial score (nSPS) is 24.4. The van der Waals surface area contributed by atoms with Gasteiger partial charge in [0, 0.05) is 30.9 Å². The Bertz CT molecular complexity index is 377. The van der Waals surface area contributed by atoms with Crippen LogP contribution in [0.3, 0.4) is 0 Å². The summed E-state index contributed by atoms with van der Waals surface area (Å²) in [6, 6.07) is 5.99. The Kier molecular flexibility index (Phi) is 3.77. The van der Waals surface area contributed by atoms with Gasteiger partial charge in [-0.25, -0.2) is 0 Å². The molecule has 1 saturated heterocycles. The molecular weight excluding hydrogens is 212 g/mol. The second kappa shape index (κ2) is 5.30. The van der Waals surface area contributed by atoms with Gasteiger partial charge in [0.25, 0.3) is 0 Å². The molecule has 3 heteroatoms. The summed E-state index contributed by atoms with van der Waals surface area (Å²) in [6.07, 6.45) is 3.68. The minimum atomic E-state index is 0.192.